The van der Waals surface area contributed by atoms with Crippen LogP contribution in [0.4, 0.5) is 5.82 Å². The van der Waals surface area contributed by atoms with Crippen LogP contribution in [0.25, 0.3) is 11.1 Å². The summed E-state index contributed by atoms with van der Waals surface area (Å²) in [5.41, 5.74) is 2.42. The average Bonchev–Trinajstić information content (AvgIpc) is 2.64. The number of fused-ring (bicyclic) bond motifs is 1. The van der Waals surface area contributed by atoms with Gasteiger partial charge in [0, 0.05) is 6.04 Å². The Morgan fingerprint density at radius 3 is 2.42 bits per heavy atom. The number of nitrogens with one attached hydrogen (secondary N) is 1. The van der Waals surface area contributed by atoms with Crippen molar-refractivity contribution in [2.75, 3.05) is 5.32 Å². The van der Waals surface area contributed by atoms with Gasteiger partial charge in [-0.1, -0.05) is 50.7 Å². The Morgan fingerprint density at radius 1 is 0.917 bits per heavy atom. The first-order chi connectivity index (χ1) is 11.9. The molecule has 2 fully saturated rings. The summed E-state index contributed by atoms with van der Waals surface area (Å²) in [7, 11) is 0. The molecule has 24 heavy (non-hydrogen) atoms. The fraction of sp³-hybridized carbons (Fsp3) is 0.600. The van der Waals surface area contributed by atoms with Crippen molar-refractivity contribution in [3.05, 3.63) is 29.8 Å². The molecule has 0 unspecified atom stereocenters. The number of para-hydroxylation sites is 2. The van der Waals surface area contributed by atoms with Crippen molar-refractivity contribution in [3.63, 3.8) is 0 Å². The molecule has 128 valence electrons. The van der Waals surface area contributed by atoms with Crippen LogP contribution < -0.4 is 10.9 Å². The van der Waals surface area contributed by atoms with Crippen molar-refractivity contribution >= 4 is 16.9 Å². The zero-order valence-corrected chi connectivity index (χ0v) is 14.3. The van der Waals surface area contributed by atoms with Crippen LogP contribution in [0.2, 0.25) is 0 Å². The summed E-state index contributed by atoms with van der Waals surface area (Å²) in [5, 5.41) is 3.63. The Hall–Kier alpha value is -1.84. The van der Waals surface area contributed by atoms with Gasteiger partial charge < -0.3 is 9.73 Å². The smallest absolute Gasteiger partial charge is 0.258 e. The van der Waals surface area contributed by atoms with Crippen LogP contribution in [0.5, 0.6) is 0 Å². The van der Waals surface area contributed by atoms with Crippen LogP contribution in [0, 0.1) is 0 Å². The van der Waals surface area contributed by atoms with E-state index in [1.807, 2.05) is 24.3 Å². The highest BCUT2D eigenvalue weighted by Gasteiger charge is 2.17. The Balaban J connectivity index is 1.70. The quantitative estimate of drug-likeness (QED) is 0.881. The van der Waals surface area contributed by atoms with Gasteiger partial charge in [0.1, 0.15) is 5.52 Å². The highest BCUT2D eigenvalue weighted by atomic mass is 16.3. The molecule has 1 heterocycles. The highest BCUT2D eigenvalue weighted by molar-refractivity contribution is 5.72. The lowest BCUT2D eigenvalue weighted by atomic mass is 9.95. The topological polar surface area (TPSA) is 50.4 Å². The zero-order chi connectivity index (χ0) is 16.2. The maximum absolute atomic E-state index is 6.15. The molecule has 0 amide bonds. The molecule has 0 atom stereocenters. The molecule has 4 nitrogen and oxygen atoms in total. The SMILES string of the molecule is c1ccc2oc(=NC3CCCCC3)c(NC3CCCCC3)nc2c1. The van der Waals surface area contributed by atoms with E-state index in [0.717, 1.165) is 16.9 Å². The normalized spacial score (nSPS) is 21.2. The van der Waals surface area contributed by atoms with Gasteiger partial charge in [-0.2, -0.15) is 0 Å². The highest BCUT2D eigenvalue weighted by Crippen LogP contribution is 2.22. The molecule has 0 radical (unpaired) electrons. The van der Waals surface area contributed by atoms with Crippen LogP contribution in [0.15, 0.2) is 33.7 Å². The third-order valence-corrected chi connectivity index (χ3v) is 5.33. The minimum absolute atomic E-state index is 0.386. The van der Waals surface area contributed by atoms with Crippen molar-refractivity contribution in [1.82, 2.24) is 4.98 Å². The standard InChI is InChI=1S/C20H27N3O/c1-3-9-15(10-4-1)21-19-20(22-16-11-5-2-6-12-16)24-18-14-8-7-13-17(18)23-19/h7-8,13-16H,1-6,9-12H2,(H,21,23). The summed E-state index contributed by atoms with van der Waals surface area (Å²) in [5.74, 6) is 0.839. The van der Waals surface area contributed by atoms with Gasteiger partial charge in [0.05, 0.1) is 6.04 Å². The molecular weight excluding hydrogens is 298 g/mol. The first kappa shape index (κ1) is 15.7. The van der Waals surface area contributed by atoms with Gasteiger partial charge in [-0.3, -0.25) is 0 Å². The van der Waals surface area contributed by atoms with Gasteiger partial charge in [0.15, 0.2) is 11.4 Å². The molecule has 0 spiro atoms. The molecule has 2 aromatic rings. The number of aromatic nitrogens is 1. The maximum Gasteiger partial charge on any atom is 0.258 e. The Labute approximate surface area is 143 Å². The lowest BCUT2D eigenvalue weighted by Crippen LogP contribution is -2.27. The van der Waals surface area contributed by atoms with Crippen molar-refractivity contribution in [1.29, 1.82) is 0 Å². The second-order valence-electron chi connectivity index (χ2n) is 7.24. The molecule has 4 rings (SSSR count). The fourth-order valence-corrected chi connectivity index (χ4v) is 3.95. The van der Waals surface area contributed by atoms with E-state index in [0.29, 0.717) is 17.6 Å². The van der Waals surface area contributed by atoms with Crippen molar-refractivity contribution in [2.24, 2.45) is 4.99 Å². The summed E-state index contributed by atoms with van der Waals surface area (Å²) in [6, 6.07) is 8.88. The zero-order valence-electron chi connectivity index (χ0n) is 14.3. The van der Waals surface area contributed by atoms with E-state index in [2.05, 4.69) is 5.32 Å². The van der Waals surface area contributed by atoms with Gasteiger partial charge in [-0.05, 0) is 37.8 Å². The molecule has 0 saturated heterocycles. The van der Waals surface area contributed by atoms with Gasteiger partial charge >= 0.3 is 0 Å². The lowest BCUT2D eigenvalue weighted by molar-refractivity contribution is 0.415. The van der Waals surface area contributed by atoms with E-state index < -0.39 is 0 Å². The summed E-state index contributed by atoms with van der Waals surface area (Å²) in [4.78, 5) is 9.78. The molecule has 2 aliphatic rings. The number of hydrogen-bond acceptors (Lipinski definition) is 4. The Bertz CT molecular complexity index is 740. The third-order valence-electron chi connectivity index (χ3n) is 5.33. The minimum atomic E-state index is 0.386. The summed E-state index contributed by atoms with van der Waals surface area (Å²) in [6.45, 7) is 0. The van der Waals surface area contributed by atoms with Crippen LogP contribution in [0.3, 0.4) is 0 Å². The van der Waals surface area contributed by atoms with E-state index in [1.165, 1.54) is 64.2 Å². The molecule has 0 aliphatic heterocycles. The van der Waals surface area contributed by atoms with Crippen LogP contribution >= 0.6 is 0 Å². The number of hydrogen-bond donors (Lipinski definition) is 1. The summed E-state index contributed by atoms with van der Waals surface area (Å²) >= 11 is 0. The average molecular weight is 325 g/mol. The molecule has 1 aromatic carbocycles. The third kappa shape index (κ3) is 3.63. The fourth-order valence-electron chi connectivity index (χ4n) is 3.95. The predicted molar refractivity (Wildman–Crippen MR) is 96.9 cm³/mol. The van der Waals surface area contributed by atoms with Crippen LogP contribution in [0.1, 0.15) is 64.2 Å². The largest absolute Gasteiger partial charge is 0.434 e. The van der Waals surface area contributed by atoms with Crippen LogP contribution in [-0.2, 0) is 0 Å². The molecule has 2 aliphatic carbocycles. The van der Waals surface area contributed by atoms with Crippen molar-refractivity contribution in [2.45, 2.75) is 76.3 Å². The van der Waals surface area contributed by atoms with E-state index in [9.17, 15) is 0 Å². The molecule has 4 heteroatoms. The summed E-state index contributed by atoms with van der Waals surface area (Å²) in [6.07, 6.45) is 12.6. The van der Waals surface area contributed by atoms with Crippen LogP contribution in [-0.4, -0.2) is 17.1 Å². The van der Waals surface area contributed by atoms with Crippen molar-refractivity contribution < 1.29 is 4.42 Å². The van der Waals surface area contributed by atoms with Crippen molar-refractivity contribution in [3.8, 4) is 0 Å². The maximum atomic E-state index is 6.15. The van der Waals surface area contributed by atoms with E-state index in [4.69, 9.17) is 14.4 Å². The first-order valence-corrected chi connectivity index (χ1v) is 9.59. The Kier molecular flexibility index (Phi) is 4.81. The van der Waals surface area contributed by atoms with E-state index >= 15 is 0 Å². The predicted octanol–water partition coefficient (Wildman–Crippen LogP) is 4.81. The second kappa shape index (κ2) is 7.37. The van der Waals surface area contributed by atoms with E-state index in [1.54, 1.807) is 0 Å². The number of rotatable bonds is 3. The first-order valence-electron chi connectivity index (χ1n) is 9.59. The lowest BCUT2D eigenvalue weighted by Gasteiger charge is -2.23. The number of nitrogens with zero attached hydrogens (tertiary/aromatic N) is 2. The van der Waals surface area contributed by atoms with E-state index in [-0.39, 0.29) is 0 Å². The summed E-state index contributed by atoms with van der Waals surface area (Å²) < 4.78 is 6.15. The molecule has 0 bridgehead atoms. The van der Waals surface area contributed by atoms with Gasteiger partial charge in [-0.15, -0.1) is 0 Å². The number of benzene rings is 1. The monoisotopic (exact) mass is 325 g/mol. The van der Waals surface area contributed by atoms with Gasteiger partial charge in [0.25, 0.3) is 5.55 Å². The molecular formula is C20H27N3O. The minimum Gasteiger partial charge on any atom is -0.434 e. The molecule has 2 saturated carbocycles. The Morgan fingerprint density at radius 2 is 1.62 bits per heavy atom. The second-order valence-corrected chi connectivity index (χ2v) is 7.24. The molecule has 1 aromatic heterocycles. The van der Waals surface area contributed by atoms with Gasteiger partial charge in [0.2, 0.25) is 0 Å². The molecule has 1 N–H and O–H groups in total. The van der Waals surface area contributed by atoms with Gasteiger partial charge in [-0.25, -0.2) is 9.98 Å². The number of anilines is 1.